The summed E-state index contributed by atoms with van der Waals surface area (Å²) in [6, 6.07) is 11.6. The van der Waals surface area contributed by atoms with Crippen molar-refractivity contribution in [2.45, 2.75) is 38.1 Å². The minimum absolute atomic E-state index is 0.00829. The largest absolute Gasteiger partial charge is 0.378 e. The van der Waals surface area contributed by atoms with Crippen molar-refractivity contribution >= 4 is 34.8 Å². The van der Waals surface area contributed by atoms with Gasteiger partial charge in [0.05, 0.1) is 6.04 Å². The summed E-state index contributed by atoms with van der Waals surface area (Å²) >= 11 is 13.0. The van der Waals surface area contributed by atoms with Crippen molar-refractivity contribution in [2.75, 3.05) is 11.9 Å². The molecule has 0 saturated carbocycles. The van der Waals surface area contributed by atoms with Gasteiger partial charge in [-0.3, -0.25) is 4.79 Å². The van der Waals surface area contributed by atoms with Crippen LogP contribution in [0.2, 0.25) is 10.0 Å². The minimum atomic E-state index is -0.00829. The van der Waals surface area contributed by atoms with Crippen LogP contribution in [0.3, 0.4) is 0 Å². The summed E-state index contributed by atoms with van der Waals surface area (Å²) in [7, 11) is 0. The normalized spacial score (nSPS) is 22.3. The number of carbonyl (C=O) groups is 1. The molecule has 3 atom stereocenters. The second kappa shape index (κ2) is 8.18. The Morgan fingerprint density at radius 3 is 2.75 bits per heavy atom. The molecule has 1 heterocycles. The molecule has 0 spiro atoms. The summed E-state index contributed by atoms with van der Waals surface area (Å²) in [5.41, 5.74) is 3.88. The van der Waals surface area contributed by atoms with E-state index in [1.54, 1.807) is 0 Å². The van der Waals surface area contributed by atoms with Crippen molar-refractivity contribution in [3.8, 4) is 0 Å². The summed E-state index contributed by atoms with van der Waals surface area (Å²) in [6.07, 6.45) is 7.48. The lowest BCUT2D eigenvalue weighted by molar-refractivity contribution is 0.0953. The van der Waals surface area contributed by atoms with Crippen LogP contribution in [0.25, 0.3) is 0 Å². The fourth-order valence-corrected chi connectivity index (χ4v) is 4.94. The molecule has 5 heteroatoms. The van der Waals surface area contributed by atoms with E-state index < -0.39 is 0 Å². The third-order valence-electron chi connectivity index (χ3n) is 5.75. The third-order valence-corrected chi connectivity index (χ3v) is 6.41. The van der Waals surface area contributed by atoms with Crippen LogP contribution in [0.5, 0.6) is 0 Å². The molecule has 3 nitrogen and oxygen atoms in total. The van der Waals surface area contributed by atoms with Crippen LogP contribution in [-0.4, -0.2) is 12.5 Å². The third kappa shape index (κ3) is 3.54. The fourth-order valence-electron chi connectivity index (χ4n) is 4.31. The van der Waals surface area contributed by atoms with E-state index in [0.717, 1.165) is 30.5 Å². The molecule has 4 rings (SSSR count). The summed E-state index contributed by atoms with van der Waals surface area (Å²) in [6.45, 7) is 2.83. The van der Waals surface area contributed by atoms with Crippen LogP contribution in [0.1, 0.15) is 59.6 Å². The van der Waals surface area contributed by atoms with E-state index in [0.29, 0.717) is 28.1 Å². The number of nitrogens with one attached hydrogen (secondary N) is 2. The van der Waals surface area contributed by atoms with Crippen molar-refractivity contribution in [2.24, 2.45) is 5.92 Å². The molecule has 2 N–H and O–H groups in total. The van der Waals surface area contributed by atoms with E-state index in [1.165, 1.54) is 5.56 Å². The highest BCUT2D eigenvalue weighted by Gasteiger charge is 2.39. The first-order valence-corrected chi connectivity index (χ1v) is 10.6. The first-order valence-electron chi connectivity index (χ1n) is 9.89. The van der Waals surface area contributed by atoms with Crippen LogP contribution in [0.15, 0.2) is 48.6 Å². The number of hydrogen-bond donors (Lipinski definition) is 2. The molecule has 2 aromatic rings. The van der Waals surface area contributed by atoms with Crippen molar-refractivity contribution < 1.29 is 4.79 Å². The van der Waals surface area contributed by atoms with Gasteiger partial charge in [0, 0.05) is 39.3 Å². The molecule has 28 heavy (non-hydrogen) atoms. The number of anilines is 1. The second-order valence-electron chi connectivity index (χ2n) is 7.52. The smallest absolute Gasteiger partial charge is 0.251 e. The van der Waals surface area contributed by atoms with Gasteiger partial charge >= 0.3 is 0 Å². The average Bonchev–Trinajstić information content (AvgIpc) is 3.18. The zero-order valence-corrected chi connectivity index (χ0v) is 17.4. The van der Waals surface area contributed by atoms with Gasteiger partial charge < -0.3 is 10.6 Å². The number of rotatable bonds is 5. The predicted octanol–water partition coefficient (Wildman–Crippen LogP) is 6.35. The molecular weight excluding hydrogens is 391 g/mol. The summed E-state index contributed by atoms with van der Waals surface area (Å²) in [4.78, 5) is 12.5. The molecule has 2 aliphatic rings. The Hall–Kier alpha value is -1.97. The average molecular weight is 415 g/mol. The second-order valence-corrected chi connectivity index (χ2v) is 8.34. The van der Waals surface area contributed by atoms with Gasteiger partial charge in [-0.25, -0.2) is 0 Å². The van der Waals surface area contributed by atoms with Crippen molar-refractivity contribution in [3.05, 3.63) is 75.3 Å². The Bertz CT molecular complexity index is 905. The highest BCUT2D eigenvalue weighted by molar-refractivity contribution is 6.36. The maximum absolute atomic E-state index is 12.5. The van der Waals surface area contributed by atoms with Crippen LogP contribution in [0, 0.1) is 5.92 Å². The van der Waals surface area contributed by atoms with E-state index >= 15 is 0 Å². The SMILES string of the molecule is CCCCNC(=O)c1ccc2c(c1)C1C=CCC1C(c1c(Cl)cccc1Cl)N2. The Labute approximate surface area is 176 Å². The van der Waals surface area contributed by atoms with Crippen molar-refractivity contribution in [1.29, 1.82) is 0 Å². The Morgan fingerprint density at radius 1 is 1.21 bits per heavy atom. The molecule has 1 amide bonds. The summed E-state index contributed by atoms with van der Waals surface area (Å²) in [5.74, 6) is 0.561. The van der Waals surface area contributed by atoms with Gasteiger partial charge in [-0.15, -0.1) is 0 Å². The molecule has 2 aromatic carbocycles. The zero-order valence-electron chi connectivity index (χ0n) is 15.8. The molecule has 146 valence electrons. The lowest BCUT2D eigenvalue weighted by Crippen LogP contribution is -2.30. The van der Waals surface area contributed by atoms with Crippen LogP contribution in [-0.2, 0) is 0 Å². The Morgan fingerprint density at radius 2 is 2.00 bits per heavy atom. The van der Waals surface area contributed by atoms with E-state index in [9.17, 15) is 4.79 Å². The molecule has 0 radical (unpaired) electrons. The number of fused-ring (bicyclic) bond motifs is 3. The number of benzene rings is 2. The molecule has 0 bridgehead atoms. The van der Waals surface area contributed by atoms with Gasteiger partial charge in [-0.05, 0) is 54.7 Å². The summed E-state index contributed by atoms with van der Waals surface area (Å²) < 4.78 is 0. The standard InChI is InChI=1S/C23H24Cl2N2O/c1-2-3-12-26-23(28)14-10-11-20-17(13-14)15-6-4-7-16(15)22(27-20)21-18(24)8-5-9-19(21)25/h4-6,8-11,13,15-16,22,27H,2-3,7,12H2,1H3,(H,26,28). The van der Waals surface area contributed by atoms with E-state index in [-0.39, 0.29) is 17.9 Å². The fraction of sp³-hybridized carbons (Fsp3) is 0.348. The van der Waals surface area contributed by atoms with E-state index in [4.69, 9.17) is 23.2 Å². The first-order chi connectivity index (χ1) is 13.6. The molecule has 1 aliphatic heterocycles. The lowest BCUT2D eigenvalue weighted by atomic mass is 9.76. The van der Waals surface area contributed by atoms with Crippen LogP contribution < -0.4 is 10.6 Å². The van der Waals surface area contributed by atoms with Crippen molar-refractivity contribution in [3.63, 3.8) is 0 Å². The Balaban J connectivity index is 1.66. The highest BCUT2D eigenvalue weighted by atomic mass is 35.5. The minimum Gasteiger partial charge on any atom is -0.378 e. The van der Waals surface area contributed by atoms with Crippen molar-refractivity contribution in [1.82, 2.24) is 5.32 Å². The van der Waals surface area contributed by atoms with Gasteiger partial charge in [-0.1, -0.05) is 54.8 Å². The Kier molecular flexibility index (Phi) is 5.65. The van der Waals surface area contributed by atoms with Crippen LogP contribution in [0.4, 0.5) is 5.69 Å². The number of carbonyl (C=O) groups excluding carboxylic acids is 1. The number of amides is 1. The maximum atomic E-state index is 12.5. The van der Waals surface area contributed by atoms with Gasteiger partial charge in [0.2, 0.25) is 0 Å². The predicted molar refractivity (Wildman–Crippen MR) is 116 cm³/mol. The van der Waals surface area contributed by atoms with Gasteiger partial charge in [0.15, 0.2) is 0 Å². The molecule has 0 fully saturated rings. The molecule has 3 unspecified atom stereocenters. The monoisotopic (exact) mass is 414 g/mol. The first kappa shape index (κ1) is 19.4. The van der Waals surface area contributed by atoms with E-state index in [1.807, 2.05) is 36.4 Å². The number of unbranched alkanes of at least 4 members (excludes halogenated alkanes) is 1. The molecule has 0 aromatic heterocycles. The number of hydrogen-bond acceptors (Lipinski definition) is 2. The molecule has 1 aliphatic carbocycles. The van der Waals surface area contributed by atoms with E-state index in [2.05, 4.69) is 29.7 Å². The summed E-state index contributed by atoms with van der Waals surface area (Å²) in [5, 5.41) is 8.02. The number of allylic oxidation sites excluding steroid dienone is 2. The van der Waals surface area contributed by atoms with Crippen LogP contribution >= 0.6 is 23.2 Å². The van der Waals surface area contributed by atoms with Gasteiger partial charge in [-0.2, -0.15) is 0 Å². The molecule has 0 saturated heterocycles. The zero-order chi connectivity index (χ0) is 19.7. The molecular formula is C23H24Cl2N2O. The topological polar surface area (TPSA) is 41.1 Å². The maximum Gasteiger partial charge on any atom is 0.251 e. The highest BCUT2D eigenvalue weighted by Crippen LogP contribution is 2.52. The van der Waals surface area contributed by atoms with Gasteiger partial charge in [0.1, 0.15) is 0 Å². The number of halogens is 2. The lowest BCUT2D eigenvalue weighted by Gasteiger charge is -2.38. The quantitative estimate of drug-likeness (QED) is 0.441. The van der Waals surface area contributed by atoms with Gasteiger partial charge in [0.25, 0.3) is 5.91 Å².